The lowest BCUT2D eigenvalue weighted by atomic mass is 10.2. The van der Waals surface area contributed by atoms with Gasteiger partial charge in [-0.25, -0.2) is 4.68 Å². The summed E-state index contributed by atoms with van der Waals surface area (Å²) in [6.07, 6.45) is 6.59. The van der Waals surface area contributed by atoms with Crippen molar-refractivity contribution in [3.8, 4) is 6.01 Å². The number of hydrogen-bond donors (Lipinski definition) is 0. The topological polar surface area (TPSA) is 39.9 Å². The molecular formula is C11H13BrClN3O. The lowest BCUT2D eigenvalue weighted by Crippen LogP contribution is -2.07. The van der Waals surface area contributed by atoms with Gasteiger partial charge in [0.15, 0.2) is 0 Å². The highest BCUT2D eigenvalue weighted by Crippen LogP contribution is 2.25. The predicted octanol–water partition coefficient (Wildman–Crippen LogP) is 3.63. The van der Waals surface area contributed by atoms with Crippen LogP contribution in [0.5, 0.6) is 6.01 Å². The van der Waals surface area contributed by atoms with Gasteiger partial charge in [-0.3, -0.25) is 0 Å². The highest BCUT2D eigenvalue weighted by atomic mass is 79.9. The van der Waals surface area contributed by atoms with Crippen LogP contribution in [0.2, 0.25) is 0 Å². The number of rotatable bonds is 4. The van der Waals surface area contributed by atoms with E-state index < -0.39 is 0 Å². The number of aromatic nitrogens is 3. The van der Waals surface area contributed by atoms with Crippen molar-refractivity contribution in [1.29, 1.82) is 0 Å². The molecule has 0 saturated heterocycles. The second kappa shape index (κ2) is 5.69. The van der Waals surface area contributed by atoms with Crippen LogP contribution in [0.15, 0.2) is 27.7 Å². The van der Waals surface area contributed by atoms with Crippen LogP contribution in [0.25, 0.3) is 0 Å². The van der Waals surface area contributed by atoms with Crippen molar-refractivity contribution >= 4 is 27.5 Å². The largest absolute Gasteiger partial charge is 0.427 e. The molecule has 1 aliphatic carbocycles. The van der Waals surface area contributed by atoms with Gasteiger partial charge in [-0.1, -0.05) is 24.6 Å². The quantitative estimate of drug-likeness (QED) is 0.851. The fourth-order valence-electron chi connectivity index (χ4n) is 1.56. The number of hydrogen-bond acceptors (Lipinski definition) is 3. The molecule has 0 amide bonds. The minimum Gasteiger partial charge on any atom is -0.427 e. The molecule has 1 aromatic heterocycles. The van der Waals surface area contributed by atoms with E-state index in [-0.39, 0.29) is 0 Å². The third-order valence-corrected chi connectivity index (χ3v) is 3.00. The molecule has 0 unspecified atom stereocenters. The molecule has 0 atom stereocenters. The van der Waals surface area contributed by atoms with Crippen molar-refractivity contribution in [2.75, 3.05) is 0 Å². The Labute approximate surface area is 113 Å². The van der Waals surface area contributed by atoms with Gasteiger partial charge in [-0.15, -0.1) is 5.10 Å². The summed E-state index contributed by atoms with van der Waals surface area (Å²) in [5, 5.41) is 4.84. The number of nitrogens with zero attached hydrogens (tertiary/aromatic N) is 3. The minimum atomic E-state index is 0.488. The molecule has 0 bridgehead atoms. The number of aryl methyl sites for hydroxylation is 1. The van der Waals surface area contributed by atoms with Gasteiger partial charge in [0.2, 0.25) is 4.73 Å². The molecule has 0 radical (unpaired) electrons. The first-order chi connectivity index (χ1) is 8.20. The first-order valence-corrected chi connectivity index (χ1v) is 6.71. The van der Waals surface area contributed by atoms with Crippen LogP contribution in [-0.2, 0) is 6.54 Å². The average molecular weight is 319 g/mol. The molecule has 17 heavy (non-hydrogen) atoms. The molecule has 92 valence electrons. The molecule has 4 nitrogen and oxygen atoms in total. The highest BCUT2D eigenvalue weighted by molar-refractivity contribution is 9.10. The van der Waals surface area contributed by atoms with E-state index in [0.29, 0.717) is 15.8 Å². The minimum absolute atomic E-state index is 0.488. The second-order valence-electron chi connectivity index (χ2n) is 3.70. The Morgan fingerprint density at radius 3 is 3.12 bits per heavy atom. The first-order valence-electron chi connectivity index (χ1n) is 5.54. The van der Waals surface area contributed by atoms with E-state index in [0.717, 1.165) is 31.6 Å². The molecule has 0 spiro atoms. The van der Waals surface area contributed by atoms with Crippen LogP contribution in [0, 0.1) is 0 Å². The van der Waals surface area contributed by atoms with Crippen molar-refractivity contribution < 1.29 is 4.74 Å². The maximum Gasteiger partial charge on any atom is 0.321 e. The third-order valence-electron chi connectivity index (χ3n) is 2.33. The molecule has 0 saturated carbocycles. The molecule has 0 fully saturated rings. The van der Waals surface area contributed by atoms with Gasteiger partial charge >= 0.3 is 6.01 Å². The molecule has 2 rings (SSSR count). The fraction of sp³-hybridized carbons (Fsp3) is 0.455. The van der Waals surface area contributed by atoms with Gasteiger partial charge in [0, 0.05) is 13.0 Å². The van der Waals surface area contributed by atoms with Gasteiger partial charge in [0.05, 0.1) is 5.03 Å². The summed E-state index contributed by atoms with van der Waals surface area (Å²) in [4.78, 5) is 4.19. The number of ether oxygens (including phenoxy) is 1. The Hall–Kier alpha value is -0.810. The molecule has 0 aromatic carbocycles. The fourth-order valence-corrected chi connectivity index (χ4v) is 2.12. The predicted molar refractivity (Wildman–Crippen MR) is 69.9 cm³/mol. The molecule has 1 aromatic rings. The van der Waals surface area contributed by atoms with Crippen LogP contribution in [-0.4, -0.2) is 14.8 Å². The summed E-state index contributed by atoms with van der Waals surface area (Å²) in [5.41, 5.74) is 0. The SMILES string of the molecule is CCCn1nc(Br)nc1OC1=C(Cl)C=CCC1. The Balaban J connectivity index is 2.20. The van der Waals surface area contributed by atoms with E-state index >= 15 is 0 Å². The normalized spacial score (nSPS) is 15.5. The summed E-state index contributed by atoms with van der Waals surface area (Å²) >= 11 is 9.31. The second-order valence-corrected chi connectivity index (χ2v) is 4.82. The van der Waals surface area contributed by atoms with Crippen molar-refractivity contribution in [3.05, 3.63) is 27.7 Å². The molecule has 1 aliphatic rings. The zero-order valence-corrected chi connectivity index (χ0v) is 11.8. The van der Waals surface area contributed by atoms with Crippen LogP contribution in [0.4, 0.5) is 0 Å². The van der Waals surface area contributed by atoms with Crippen LogP contribution in [0.1, 0.15) is 26.2 Å². The maximum atomic E-state index is 6.07. The lowest BCUT2D eigenvalue weighted by Gasteiger charge is -2.12. The number of halogens is 2. The Morgan fingerprint density at radius 2 is 2.41 bits per heavy atom. The zero-order chi connectivity index (χ0) is 12.3. The average Bonchev–Trinajstić information content (AvgIpc) is 2.63. The Kier molecular flexibility index (Phi) is 4.23. The van der Waals surface area contributed by atoms with Gasteiger partial charge in [0.1, 0.15) is 5.76 Å². The van der Waals surface area contributed by atoms with Gasteiger partial charge in [-0.05, 0) is 34.8 Å². The monoisotopic (exact) mass is 317 g/mol. The lowest BCUT2D eigenvalue weighted by molar-refractivity contribution is 0.339. The van der Waals surface area contributed by atoms with Gasteiger partial charge < -0.3 is 4.74 Å². The Bertz CT molecular complexity index is 467. The first kappa shape index (κ1) is 12.6. The van der Waals surface area contributed by atoms with Gasteiger partial charge in [0.25, 0.3) is 0 Å². The van der Waals surface area contributed by atoms with Crippen molar-refractivity contribution in [2.24, 2.45) is 0 Å². The van der Waals surface area contributed by atoms with E-state index in [1.54, 1.807) is 4.68 Å². The molecule has 0 N–H and O–H groups in total. The van der Waals surface area contributed by atoms with Crippen LogP contribution >= 0.6 is 27.5 Å². The maximum absolute atomic E-state index is 6.07. The standard InChI is InChI=1S/C11H13BrClN3O/c1-2-7-16-11(14-10(12)15-16)17-9-6-4-3-5-8(9)13/h3,5H,2,4,6-7H2,1H3. The summed E-state index contributed by atoms with van der Waals surface area (Å²) in [5.74, 6) is 0.756. The van der Waals surface area contributed by atoms with Crippen LogP contribution in [0.3, 0.4) is 0 Å². The van der Waals surface area contributed by atoms with Crippen molar-refractivity contribution in [2.45, 2.75) is 32.7 Å². The van der Waals surface area contributed by atoms with Gasteiger partial charge in [-0.2, -0.15) is 4.98 Å². The highest BCUT2D eigenvalue weighted by Gasteiger charge is 2.14. The van der Waals surface area contributed by atoms with Crippen molar-refractivity contribution in [1.82, 2.24) is 14.8 Å². The van der Waals surface area contributed by atoms with Crippen molar-refractivity contribution in [3.63, 3.8) is 0 Å². The zero-order valence-electron chi connectivity index (χ0n) is 9.49. The van der Waals surface area contributed by atoms with E-state index in [4.69, 9.17) is 16.3 Å². The molecular weight excluding hydrogens is 305 g/mol. The van der Waals surface area contributed by atoms with E-state index in [9.17, 15) is 0 Å². The summed E-state index contributed by atoms with van der Waals surface area (Å²) < 4.78 is 8.00. The number of allylic oxidation sites excluding steroid dienone is 4. The molecule has 6 heteroatoms. The van der Waals surface area contributed by atoms with Crippen LogP contribution < -0.4 is 4.74 Å². The van der Waals surface area contributed by atoms with E-state index in [2.05, 4.69) is 32.9 Å². The van der Waals surface area contributed by atoms with E-state index in [1.807, 2.05) is 12.2 Å². The summed E-state index contributed by atoms with van der Waals surface area (Å²) in [6, 6.07) is 0.488. The summed E-state index contributed by atoms with van der Waals surface area (Å²) in [6.45, 7) is 2.85. The Morgan fingerprint density at radius 1 is 1.59 bits per heavy atom. The van der Waals surface area contributed by atoms with E-state index in [1.165, 1.54) is 0 Å². The molecule has 0 aliphatic heterocycles. The third kappa shape index (κ3) is 3.10. The summed E-state index contributed by atoms with van der Waals surface area (Å²) in [7, 11) is 0. The smallest absolute Gasteiger partial charge is 0.321 e. The molecule has 1 heterocycles.